The number of halogens is 1. The van der Waals surface area contributed by atoms with Gasteiger partial charge in [0.05, 0.1) is 18.5 Å². The molecule has 0 aromatic carbocycles. The zero-order chi connectivity index (χ0) is 13.9. The average molecular weight is 306 g/mol. The van der Waals surface area contributed by atoms with Crippen LogP contribution in [0.4, 0.5) is 0 Å². The van der Waals surface area contributed by atoms with Gasteiger partial charge in [0, 0.05) is 19.7 Å². The second-order valence-corrected chi connectivity index (χ2v) is 6.58. The van der Waals surface area contributed by atoms with Crippen LogP contribution in [0.15, 0.2) is 17.3 Å². The Kier molecular flexibility index (Phi) is 4.72. The van der Waals surface area contributed by atoms with Crippen LogP contribution in [0.5, 0.6) is 0 Å². The first-order chi connectivity index (χ1) is 9.04. The maximum absolute atomic E-state index is 12.5. The second-order valence-electron chi connectivity index (χ2n) is 4.31. The van der Waals surface area contributed by atoms with E-state index in [0.29, 0.717) is 26.1 Å². The zero-order valence-electron chi connectivity index (χ0n) is 10.6. The topological polar surface area (TPSA) is 72.4 Å². The van der Waals surface area contributed by atoms with Gasteiger partial charge in [-0.2, -0.15) is 4.31 Å². The first-order valence-corrected chi connectivity index (χ1v) is 7.95. The first kappa shape index (κ1) is 14.6. The van der Waals surface area contributed by atoms with E-state index < -0.39 is 10.0 Å². The van der Waals surface area contributed by atoms with Crippen LogP contribution >= 0.6 is 11.6 Å². The van der Waals surface area contributed by atoms with Crippen LogP contribution in [0.1, 0.15) is 19.8 Å². The molecule has 0 spiro atoms. The highest BCUT2D eigenvalue weighted by Crippen LogP contribution is 2.19. The molecule has 0 amide bonds. The molecule has 1 atom stereocenters. The molecule has 19 heavy (non-hydrogen) atoms. The summed E-state index contributed by atoms with van der Waals surface area (Å²) in [4.78, 5) is 7.50. The summed E-state index contributed by atoms with van der Waals surface area (Å²) in [5, 5.41) is 0.0320. The smallest absolute Gasteiger partial charge is 0.246 e. The van der Waals surface area contributed by atoms with Gasteiger partial charge >= 0.3 is 0 Å². The molecule has 1 aromatic heterocycles. The van der Waals surface area contributed by atoms with Crippen LogP contribution in [0, 0.1) is 0 Å². The van der Waals surface area contributed by atoms with Crippen molar-refractivity contribution in [3.05, 3.63) is 17.7 Å². The lowest BCUT2D eigenvalue weighted by Gasteiger charge is -2.22. The molecule has 2 heterocycles. The van der Waals surface area contributed by atoms with Crippen molar-refractivity contribution in [1.82, 2.24) is 14.3 Å². The minimum atomic E-state index is -3.58. The minimum absolute atomic E-state index is 0.0320. The first-order valence-electron chi connectivity index (χ1n) is 6.13. The highest BCUT2D eigenvalue weighted by Gasteiger charge is 2.29. The van der Waals surface area contributed by atoms with Crippen LogP contribution in [-0.4, -0.2) is 48.5 Å². The SMILES string of the molecule is CCC1CN(S(=O)(=O)c2cnc(Cl)nc2)CCCO1. The van der Waals surface area contributed by atoms with Crippen molar-refractivity contribution in [3.8, 4) is 0 Å². The van der Waals surface area contributed by atoms with E-state index in [-0.39, 0.29) is 16.3 Å². The van der Waals surface area contributed by atoms with Crippen LogP contribution in [-0.2, 0) is 14.8 Å². The normalized spacial score (nSPS) is 22.1. The molecule has 0 N–H and O–H groups in total. The number of hydrogen-bond donors (Lipinski definition) is 0. The van der Waals surface area contributed by atoms with Gasteiger partial charge in [0.2, 0.25) is 15.3 Å². The second kappa shape index (κ2) is 6.13. The fourth-order valence-corrected chi connectivity index (χ4v) is 3.41. The Balaban J connectivity index is 2.24. The summed E-state index contributed by atoms with van der Waals surface area (Å²) in [6.45, 7) is 3.37. The van der Waals surface area contributed by atoms with Crippen molar-refractivity contribution in [1.29, 1.82) is 0 Å². The molecule has 1 unspecified atom stereocenters. The largest absolute Gasteiger partial charge is 0.377 e. The van der Waals surface area contributed by atoms with Crippen molar-refractivity contribution < 1.29 is 13.2 Å². The lowest BCUT2D eigenvalue weighted by molar-refractivity contribution is 0.0593. The van der Waals surface area contributed by atoms with Crippen LogP contribution in [0.2, 0.25) is 5.28 Å². The number of hydrogen-bond acceptors (Lipinski definition) is 5. The zero-order valence-corrected chi connectivity index (χ0v) is 12.2. The Morgan fingerprint density at radius 3 is 2.79 bits per heavy atom. The van der Waals surface area contributed by atoms with E-state index in [1.807, 2.05) is 6.92 Å². The Morgan fingerprint density at radius 1 is 1.47 bits per heavy atom. The molecular formula is C11H16ClN3O3S. The number of ether oxygens (including phenoxy) is 1. The fraction of sp³-hybridized carbons (Fsp3) is 0.636. The summed E-state index contributed by atoms with van der Waals surface area (Å²) < 4.78 is 31.9. The molecule has 8 heteroatoms. The summed E-state index contributed by atoms with van der Waals surface area (Å²) in [6, 6.07) is 0. The van der Waals surface area contributed by atoms with Gasteiger partial charge in [0.25, 0.3) is 0 Å². The fourth-order valence-electron chi connectivity index (χ4n) is 1.91. The molecule has 1 saturated heterocycles. The van der Waals surface area contributed by atoms with Gasteiger partial charge in [0.15, 0.2) is 0 Å². The molecule has 106 valence electrons. The van der Waals surface area contributed by atoms with Crippen molar-refractivity contribution >= 4 is 21.6 Å². The molecule has 2 rings (SSSR count). The van der Waals surface area contributed by atoms with E-state index in [1.54, 1.807) is 0 Å². The van der Waals surface area contributed by atoms with Gasteiger partial charge in [-0.25, -0.2) is 18.4 Å². The Bertz CT molecular complexity index is 520. The highest BCUT2D eigenvalue weighted by molar-refractivity contribution is 7.89. The van der Waals surface area contributed by atoms with Crippen LogP contribution in [0.3, 0.4) is 0 Å². The Hall–Kier alpha value is -0.760. The van der Waals surface area contributed by atoms with E-state index in [1.165, 1.54) is 16.7 Å². The molecule has 0 bridgehead atoms. The van der Waals surface area contributed by atoms with Gasteiger partial charge in [-0.15, -0.1) is 0 Å². The van der Waals surface area contributed by atoms with Crippen molar-refractivity contribution in [3.63, 3.8) is 0 Å². The van der Waals surface area contributed by atoms with Crippen molar-refractivity contribution in [2.45, 2.75) is 30.8 Å². The van der Waals surface area contributed by atoms with Crippen LogP contribution in [0.25, 0.3) is 0 Å². The minimum Gasteiger partial charge on any atom is -0.377 e. The van der Waals surface area contributed by atoms with E-state index in [9.17, 15) is 8.42 Å². The maximum Gasteiger partial charge on any atom is 0.246 e. The van der Waals surface area contributed by atoms with Gasteiger partial charge in [-0.1, -0.05) is 6.92 Å². The van der Waals surface area contributed by atoms with Crippen LogP contribution < -0.4 is 0 Å². The van der Waals surface area contributed by atoms with Crippen molar-refractivity contribution in [2.24, 2.45) is 0 Å². The number of rotatable bonds is 3. The summed E-state index contributed by atoms with van der Waals surface area (Å²) in [5.41, 5.74) is 0. The Morgan fingerprint density at radius 2 is 2.16 bits per heavy atom. The third kappa shape index (κ3) is 3.42. The van der Waals surface area contributed by atoms with E-state index in [2.05, 4.69) is 9.97 Å². The summed E-state index contributed by atoms with van der Waals surface area (Å²) in [6.07, 6.45) is 3.87. The predicted octanol–water partition coefficient (Wildman–Crippen LogP) is 1.32. The summed E-state index contributed by atoms with van der Waals surface area (Å²) in [7, 11) is -3.58. The average Bonchev–Trinajstić information content (AvgIpc) is 2.65. The van der Waals surface area contributed by atoms with Gasteiger partial charge < -0.3 is 4.74 Å². The maximum atomic E-state index is 12.5. The van der Waals surface area contributed by atoms with Gasteiger partial charge in [-0.3, -0.25) is 0 Å². The standard InChI is InChI=1S/C11H16ClN3O3S/c1-2-9-8-15(4-3-5-18-9)19(16,17)10-6-13-11(12)14-7-10/h6-7,9H,2-5,8H2,1H3. The lowest BCUT2D eigenvalue weighted by Crippen LogP contribution is -2.36. The predicted molar refractivity (Wildman–Crippen MR) is 70.4 cm³/mol. The molecule has 1 aliphatic rings. The molecule has 0 radical (unpaired) electrons. The van der Waals surface area contributed by atoms with Crippen molar-refractivity contribution in [2.75, 3.05) is 19.7 Å². The lowest BCUT2D eigenvalue weighted by atomic mass is 10.3. The molecule has 1 fully saturated rings. The summed E-state index contributed by atoms with van der Waals surface area (Å²) in [5.74, 6) is 0. The third-order valence-electron chi connectivity index (χ3n) is 3.00. The summed E-state index contributed by atoms with van der Waals surface area (Å²) >= 11 is 5.57. The van der Waals surface area contributed by atoms with E-state index in [4.69, 9.17) is 16.3 Å². The number of sulfonamides is 1. The van der Waals surface area contributed by atoms with E-state index in [0.717, 1.165) is 6.42 Å². The third-order valence-corrected chi connectivity index (χ3v) is 5.02. The molecular weight excluding hydrogens is 290 g/mol. The highest BCUT2D eigenvalue weighted by atomic mass is 35.5. The Labute approximate surface area is 117 Å². The van der Waals surface area contributed by atoms with Gasteiger partial charge in [-0.05, 0) is 24.4 Å². The molecule has 1 aromatic rings. The number of aromatic nitrogens is 2. The van der Waals surface area contributed by atoms with E-state index >= 15 is 0 Å². The molecule has 1 aliphatic heterocycles. The van der Waals surface area contributed by atoms with Gasteiger partial charge in [0.1, 0.15) is 4.90 Å². The monoisotopic (exact) mass is 305 g/mol. The number of nitrogens with zero attached hydrogens (tertiary/aromatic N) is 3. The molecule has 0 saturated carbocycles. The molecule has 0 aliphatic carbocycles. The quantitative estimate of drug-likeness (QED) is 0.788. The molecule has 6 nitrogen and oxygen atoms in total.